The van der Waals surface area contributed by atoms with Crippen molar-refractivity contribution in [3.8, 4) is 0 Å². The molecule has 0 aliphatic heterocycles. The van der Waals surface area contributed by atoms with Crippen molar-refractivity contribution in [2.45, 2.75) is 12.8 Å². The Morgan fingerprint density at radius 2 is 1.09 bits per heavy atom. The van der Waals surface area contributed by atoms with Gasteiger partial charge in [0.2, 0.25) is 0 Å². The van der Waals surface area contributed by atoms with Gasteiger partial charge in [0.15, 0.2) is 0 Å². The van der Waals surface area contributed by atoms with Gasteiger partial charge in [-0.15, -0.1) is 0 Å². The van der Waals surface area contributed by atoms with E-state index in [0.717, 1.165) is 12.2 Å². The first-order chi connectivity index (χ1) is 9.99. The van der Waals surface area contributed by atoms with E-state index >= 15 is 0 Å². The normalized spacial score (nSPS) is 12.3. The SMILES string of the molecule is O=C(/C=C\C(=O)OCCCS(=O)(=O)O)OCCCS(=O)(=O)O. The molecule has 0 amide bonds. The van der Waals surface area contributed by atoms with Crippen molar-refractivity contribution in [2.24, 2.45) is 0 Å². The van der Waals surface area contributed by atoms with E-state index in [1.165, 1.54) is 0 Å². The molecule has 0 aromatic carbocycles. The first-order valence-electron chi connectivity index (χ1n) is 5.91. The zero-order valence-corrected chi connectivity index (χ0v) is 13.0. The van der Waals surface area contributed by atoms with E-state index in [1.807, 2.05) is 0 Å². The van der Waals surface area contributed by atoms with Gasteiger partial charge < -0.3 is 9.47 Å². The summed E-state index contributed by atoms with van der Waals surface area (Å²) in [6.07, 6.45) is 1.30. The zero-order valence-electron chi connectivity index (χ0n) is 11.4. The maximum absolute atomic E-state index is 11.1. The van der Waals surface area contributed by atoms with E-state index in [9.17, 15) is 26.4 Å². The van der Waals surface area contributed by atoms with E-state index in [1.54, 1.807) is 0 Å². The molecular weight excluding hydrogens is 344 g/mol. The molecule has 22 heavy (non-hydrogen) atoms. The van der Waals surface area contributed by atoms with Crippen molar-refractivity contribution >= 4 is 32.2 Å². The average Bonchev–Trinajstić information content (AvgIpc) is 2.35. The van der Waals surface area contributed by atoms with Crippen LogP contribution in [0.3, 0.4) is 0 Å². The summed E-state index contributed by atoms with van der Waals surface area (Å²) < 4.78 is 67.4. The summed E-state index contributed by atoms with van der Waals surface area (Å²) in [5.74, 6) is -2.94. The Bertz CT molecular complexity index is 548. The van der Waals surface area contributed by atoms with Crippen LogP contribution in [-0.2, 0) is 39.3 Å². The van der Waals surface area contributed by atoms with Crippen LogP contribution >= 0.6 is 0 Å². The fraction of sp³-hybridized carbons (Fsp3) is 0.600. The zero-order chi connectivity index (χ0) is 17.2. The van der Waals surface area contributed by atoms with Crippen LogP contribution in [0.4, 0.5) is 0 Å². The summed E-state index contributed by atoms with van der Waals surface area (Å²) in [6.45, 7) is -0.515. The van der Waals surface area contributed by atoms with E-state index in [4.69, 9.17) is 9.11 Å². The van der Waals surface area contributed by atoms with Crippen LogP contribution in [0, 0.1) is 0 Å². The number of carbonyl (C=O) groups excluding carboxylic acids is 2. The van der Waals surface area contributed by atoms with Gasteiger partial charge in [0.25, 0.3) is 20.2 Å². The number of ether oxygens (including phenoxy) is 2. The lowest BCUT2D eigenvalue weighted by Crippen LogP contribution is -2.11. The molecule has 0 aromatic heterocycles. The Balaban J connectivity index is 3.85. The van der Waals surface area contributed by atoms with Gasteiger partial charge in [-0.25, -0.2) is 9.59 Å². The summed E-state index contributed by atoms with van der Waals surface area (Å²) in [7, 11) is -8.23. The molecule has 0 radical (unpaired) electrons. The molecule has 0 saturated heterocycles. The molecule has 0 aliphatic carbocycles. The summed E-state index contributed by atoms with van der Waals surface area (Å²) in [6, 6.07) is 0. The molecule has 0 heterocycles. The molecule has 0 bridgehead atoms. The summed E-state index contributed by atoms with van der Waals surface area (Å²) >= 11 is 0. The lowest BCUT2D eigenvalue weighted by atomic mass is 10.5. The molecule has 128 valence electrons. The van der Waals surface area contributed by atoms with Gasteiger partial charge in [-0.3, -0.25) is 9.11 Å². The first kappa shape index (κ1) is 20.5. The third kappa shape index (κ3) is 14.9. The minimum absolute atomic E-state index is 0.0987. The monoisotopic (exact) mass is 360 g/mol. The van der Waals surface area contributed by atoms with Gasteiger partial charge in [0.05, 0.1) is 24.7 Å². The van der Waals surface area contributed by atoms with Crippen molar-refractivity contribution in [3.05, 3.63) is 12.2 Å². The highest BCUT2D eigenvalue weighted by Crippen LogP contribution is 1.93. The molecule has 2 N–H and O–H groups in total. The number of carbonyl (C=O) groups is 2. The van der Waals surface area contributed by atoms with Crippen molar-refractivity contribution in [3.63, 3.8) is 0 Å². The summed E-state index contributed by atoms with van der Waals surface area (Å²) in [5, 5.41) is 0. The molecule has 0 aromatic rings. The molecule has 0 rings (SSSR count). The predicted octanol–water partition coefficient (Wildman–Crippen LogP) is -0.815. The molecule has 10 nitrogen and oxygen atoms in total. The lowest BCUT2D eigenvalue weighted by molar-refractivity contribution is -0.140. The Morgan fingerprint density at radius 3 is 1.36 bits per heavy atom. The minimum atomic E-state index is -4.12. The Kier molecular flexibility index (Phi) is 8.86. The molecule has 0 atom stereocenters. The molecule has 12 heteroatoms. The maximum Gasteiger partial charge on any atom is 0.331 e. The fourth-order valence-corrected chi connectivity index (χ4v) is 2.03. The Hall–Kier alpha value is -1.50. The van der Waals surface area contributed by atoms with Crippen molar-refractivity contribution in [1.82, 2.24) is 0 Å². The van der Waals surface area contributed by atoms with Crippen LogP contribution in [-0.4, -0.2) is 62.6 Å². The number of rotatable bonds is 10. The van der Waals surface area contributed by atoms with Crippen LogP contribution in [0.2, 0.25) is 0 Å². The standard InChI is InChI=1S/C10H16O10S2/c11-9(19-5-1-7-21(13,14)15)3-4-10(12)20-6-2-8-22(16,17)18/h3-4H,1-2,5-8H2,(H,13,14,15)(H,16,17,18)/b4-3-. The smallest absolute Gasteiger partial charge is 0.331 e. The van der Waals surface area contributed by atoms with E-state index in [0.29, 0.717) is 0 Å². The van der Waals surface area contributed by atoms with Crippen molar-refractivity contribution in [1.29, 1.82) is 0 Å². The molecule has 0 saturated carbocycles. The van der Waals surface area contributed by atoms with E-state index in [-0.39, 0.29) is 26.1 Å². The summed E-state index contributed by atoms with van der Waals surface area (Å²) in [5.41, 5.74) is 0. The van der Waals surface area contributed by atoms with Crippen molar-refractivity contribution in [2.75, 3.05) is 24.7 Å². The average molecular weight is 360 g/mol. The van der Waals surface area contributed by atoms with Gasteiger partial charge in [-0.1, -0.05) is 0 Å². The van der Waals surface area contributed by atoms with Crippen LogP contribution in [0.15, 0.2) is 12.2 Å². The van der Waals surface area contributed by atoms with Gasteiger partial charge in [0.1, 0.15) is 0 Å². The molecule has 0 aliphatic rings. The number of esters is 2. The van der Waals surface area contributed by atoms with Crippen LogP contribution in [0.5, 0.6) is 0 Å². The summed E-state index contributed by atoms with van der Waals surface area (Å²) in [4.78, 5) is 22.2. The largest absolute Gasteiger partial charge is 0.462 e. The second kappa shape index (κ2) is 9.50. The quantitative estimate of drug-likeness (QED) is 0.218. The number of hydrogen-bond acceptors (Lipinski definition) is 8. The predicted molar refractivity (Wildman–Crippen MR) is 73.1 cm³/mol. The molecular formula is C10H16O10S2. The minimum Gasteiger partial charge on any atom is -0.462 e. The molecule has 0 unspecified atom stereocenters. The van der Waals surface area contributed by atoms with Crippen LogP contribution in [0.25, 0.3) is 0 Å². The second-order valence-electron chi connectivity index (χ2n) is 3.95. The molecule has 0 fully saturated rings. The molecule has 0 spiro atoms. The van der Waals surface area contributed by atoms with Gasteiger partial charge in [0, 0.05) is 12.2 Å². The van der Waals surface area contributed by atoms with Crippen molar-refractivity contribution < 1.29 is 45.0 Å². The van der Waals surface area contributed by atoms with Crippen LogP contribution < -0.4 is 0 Å². The first-order valence-corrected chi connectivity index (χ1v) is 9.13. The van der Waals surface area contributed by atoms with Gasteiger partial charge >= 0.3 is 11.9 Å². The topological polar surface area (TPSA) is 161 Å². The fourth-order valence-electron chi connectivity index (χ4n) is 1.06. The lowest BCUT2D eigenvalue weighted by Gasteiger charge is -2.01. The third-order valence-corrected chi connectivity index (χ3v) is 3.55. The highest BCUT2D eigenvalue weighted by Gasteiger charge is 2.07. The van der Waals surface area contributed by atoms with Gasteiger partial charge in [-0.05, 0) is 12.8 Å². The third-order valence-electron chi connectivity index (χ3n) is 1.94. The van der Waals surface area contributed by atoms with E-state index in [2.05, 4.69) is 9.47 Å². The van der Waals surface area contributed by atoms with E-state index < -0.39 is 43.7 Å². The second-order valence-corrected chi connectivity index (χ2v) is 7.09. The maximum atomic E-state index is 11.1. The Labute approximate surface area is 127 Å². The van der Waals surface area contributed by atoms with Gasteiger partial charge in [-0.2, -0.15) is 16.8 Å². The highest BCUT2D eigenvalue weighted by atomic mass is 32.2. The number of hydrogen-bond donors (Lipinski definition) is 2. The highest BCUT2D eigenvalue weighted by molar-refractivity contribution is 7.86. The Morgan fingerprint density at radius 1 is 0.773 bits per heavy atom. The van der Waals surface area contributed by atoms with Crippen LogP contribution in [0.1, 0.15) is 12.8 Å².